The molecule has 3 unspecified atom stereocenters. The van der Waals surface area contributed by atoms with Crippen molar-refractivity contribution in [3.63, 3.8) is 0 Å². The van der Waals surface area contributed by atoms with E-state index in [1.54, 1.807) is 0 Å². The Hall–Kier alpha value is -1.75. The van der Waals surface area contributed by atoms with Crippen molar-refractivity contribution in [2.24, 2.45) is 17.8 Å². The summed E-state index contributed by atoms with van der Waals surface area (Å²) in [5, 5.41) is 15.6. The van der Waals surface area contributed by atoms with Crippen molar-refractivity contribution in [1.29, 1.82) is 0 Å². The highest BCUT2D eigenvalue weighted by atomic mass is 16.5. The second-order valence-electron chi connectivity index (χ2n) is 10.00. The zero-order chi connectivity index (χ0) is 23.8. The Morgan fingerprint density at radius 3 is 2.52 bits per heavy atom. The molecule has 33 heavy (non-hydrogen) atoms. The number of aliphatic hydroxyl groups is 1. The molecule has 0 radical (unpaired) electrons. The van der Waals surface area contributed by atoms with Crippen LogP contribution in [0.2, 0.25) is 0 Å². The lowest BCUT2D eigenvalue weighted by atomic mass is 9.62. The van der Waals surface area contributed by atoms with E-state index < -0.39 is 29.1 Å². The number of amides is 3. The zero-order valence-electron chi connectivity index (χ0n) is 20.0. The number of fused-ring (bicyclic) bond motifs is 1. The molecule has 4 fully saturated rings. The van der Waals surface area contributed by atoms with Crippen LogP contribution in [-0.2, 0) is 23.9 Å². The molecule has 186 valence electrons. The van der Waals surface area contributed by atoms with E-state index in [1.807, 2.05) is 20.8 Å². The largest absolute Gasteiger partial charge is 0.395 e. The van der Waals surface area contributed by atoms with E-state index in [2.05, 4.69) is 15.5 Å². The first-order chi connectivity index (χ1) is 15.8. The fourth-order valence-electron chi connectivity index (χ4n) is 6.40. The van der Waals surface area contributed by atoms with Gasteiger partial charge in [-0.3, -0.25) is 19.3 Å². The number of hydrogen-bond acceptors (Lipinski definition) is 7. The van der Waals surface area contributed by atoms with Crippen molar-refractivity contribution >= 4 is 17.7 Å². The van der Waals surface area contributed by atoms with Gasteiger partial charge in [0, 0.05) is 39.3 Å². The molecule has 6 atom stereocenters. The van der Waals surface area contributed by atoms with E-state index in [9.17, 15) is 19.5 Å². The molecule has 2 bridgehead atoms. The summed E-state index contributed by atoms with van der Waals surface area (Å²) in [4.78, 5) is 43.9. The maximum absolute atomic E-state index is 13.6. The SMILES string of the molecule is CCCNC(=O)[C@H]1[C@H]2C(=O)N(CCO)C(C(=O)NCCN3CCOCC3)C23CC(C)[C@]1(C)O3. The molecule has 4 saturated heterocycles. The smallest absolute Gasteiger partial charge is 0.245 e. The summed E-state index contributed by atoms with van der Waals surface area (Å²) in [5.41, 5.74) is -1.87. The molecule has 0 aromatic heterocycles. The topological polar surface area (TPSA) is 120 Å². The van der Waals surface area contributed by atoms with E-state index in [4.69, 9.17) is 9.47 Å². The molecule has 0 aromatic carbocycles. The van der Waals surface area contributed by atoms with Crippen LogP contribution in [-0.4, -0.2) is 109 Å². The number of β-amino-alcohol motifs (C(OH)–C–C–N with tert-alkyl or cyclic N) is 1. The first kappa shape index (κ1) is 24.4. The molecule has 4 rings (SSSR count). The van der Waals surface area contributed by atoms with Crippen LogP contribution < -0.4 is 10.6 Å². The van der Waals surface area contributed by atoms with E-state index in [0.717, 1.165) is 19.5 Å². The van der Waals surface area contributed by atoms with Crippen LogP contribution in [0.15, 0.2) is 0 Å². The van der Waals surface area contributed by atoms with Gasteiger partial charge in [-0.05, 0) is 25.7 Å². The third-order valence-electron chi connectivity index (χ3n) is 8.07. The maximum Gasteiger partial charge on any atom is 0.245 e. The van der Waals surface area contributed by atoms with E-state index in [-0.39, 0.29) is 36.8 Å². The van der Waals surface area contributed by atoms with E-state index in [1.165, 1.54) is 4.90 Å². The van der Waals surface area contributed by atoms with Crippen LogP contribution in [0.4, 0.5) is 0 Å². The van der Waals surface area contributed by atoms with Gasteiger partial charge in [0.1, 0.15) is 11.6 Å². The molecule has 4 aliphatic rings. The predicted octanol–water partition coefficient (Wildman–Crippen LogP) is -1.04. The number of nitrogens with zero attached hydrogens (tertiary/aromatic N) is 2. The number of aliphatic hydroxyl groups excluding tert-OH is 1. The lowest BCUT2D eigenvalue weighted by molar-refractivity contribution is -0.148. The first-order valence-electron chi connectivity index (χ1n) is 12.3. The van der Waals surface area contributed by atoms with Crippen molar-refractivity contribution in [2.45, 2.75) is 50.9 Å². The van der Waals surface area contributed by atoms with Crippen molar-refractivity contribution < 1.29 is 29.0 Å². The van der Waals surface area contributed by atoms with Gasteiger partial charge in [-0.2, -0.15) is 0 Å². The number of hydrogen-bond donors (Lipinski definition) is 3. The van der Waals surface area contributed by atoms with Crippen LogP contribution in [0, 0.1) is 17.8 Å². The Labute approximate surface area is 195 Å². The van der Waals surface area contributed by atoms with Crippen molar-refractivity contribution in [2.75, 3.05) is 59.1 Å². The van der Waals surface area contributed by atoms with Gasteiger partial charge in [0.2, 0.25) is 17.7 Å². The maximum atomic E-state index is 13.6. The Morgan fingerprint density at radius 1 is 1.15 bits per heavy atom. The van der Waals surface area contributed by atoms with Gasteiger partial charge in [0.05, 0.1) is 37.3 Å². The van der Waals surface area contributed by atoms with Gasteiger partial charge in [0.25, 0.3) is 0 Å². The molecule has 0 aromatic rings. The number of carbonyl (C=O) groups excluding carboxylic acids is 3. The van der Waals surface area contributed by atoms with Gasteiger partial charge in [-0.15, -0.1) is 0 Å². The highest BCUT2D eigenvalue weighted by Gasteiger charge is 2.79. The van der Waals surface area contributed by atoms with Gasteiger partial charge in [-0.1, -0.05) is 13.8 Å². The number of rotatable bonds is 9. The molecule has 4 heterocycles. The number of likely N-dealkylation sites (tertiary alicyclic amines) is 1. The summed E-state index contributed by atoms with van der Waals surface area (Å²) in [6, 6.07) is -0.861. The van der Waals surface area contributed by atoms with E-state index >= 15 is 0 Å². The summed E-state index contributed by atoms with van der Waals surface area (Å²) in [6.07, 6.45) is 1.32. The minimum Gasteiger partial charge on any atom is -0.395 e. The molecular formula is C23H38N4O6. The van der Waals surface area contributed by atoms with Crippen LogP contribution in [0.5, 0.6) is 0 Å². The second kappa shape index (κ2) is 9.48. The lowest BCUT2D eigenvalue weighted by Crippen LogP contribution is -2.56. The zero-order valence-corrected chi connectivity index (χ0v) is 20.0. The van der Waals surface area contributed by atoms with Crippen LogP contribution >= 0.6 is 0 Å². The predicted molar refractivity (Wildman–Crippen MR) is 119 cm³/mol. The van der Waals surface area contributed by atoms with Gasteiger partial charge >= 0.3 is 0 Å². The van der Waals surface area contributed by atoms with Crippen LogP contribution in [0.25, 0.3) is 0 Å². The number of ether oxygens (including phenoxy) is 2. The lowest BCUT2D eigenvalue weighted by Gasteiger charge is -2.36. The highest BCUT2D eigenvalue weighted by Crippen LogP contribution is 2.65. The number of nitrogens with one attached hydrogen (secondary N) is 2. The summed E-state index contributed by atoms with van der Waals surface area (Å²) in [6.45, 7) is 10.4. The Bertz CT molecular complexity index is 774. The van der Waals surface area contributed by atoms with Crippen molar-refractivity contribution in [1.82, 2.24) is 20.4 Å². The molecular weight excluding hydrogens is 428 g/mol. The third-order valence-corrected chi connectivity index (χ3v) is 8.07. The number of carbonyl (C=O) groups is 3. The fourth-order valence-corrected chi connectivity index (χ4v) is 6.40. The van der Waals surface area contributed by atoms with Gasteiger partial charge in [0.15, 0.2) is 0 Å². The van der Waals surface area contributed by atoms with Crippen molar-refractivity contribution in [3.8, 4) is 0 Å². The Morgan fingerprint density at radius 2 is 1.85 bits per heavy atom. The highest BCUT2D eigenvalue weighted by molar-refractivity contribution is 5.99. The Kier molecular flexibility index (Phi) is 7.00. The summed E-state index contributed by atoms with van der Waals surface area (Å²) in [5.74, 6) is -2.12. The van der Waals surface area contributed by atoms with Gasteiger partial charge < -0.3 is 30.1 Å². The molecule has 0 saturated carbocycles. The molecule has 0 aliphatic carbocycles. The van der Waals surface area contributed by atoms with Crippen molar-refractivity contribution in [3.05, 3.63) is 0 Å². The van der Waals surface area contributed by atoms with Crippen LogP contribution in [0.3, 0.4) is 0 Å². The molecule has 10 heteroatoms. The summed E-state index contributed by atoms with van der Waals surface area (Å²) < 4.78 is 11.9. The Balaban J connectivity index is 1.57. The average molecular weight is 467 g/mol. The number of morpholine rings is 1. The molecule has 3 amide bonds. The quantitative estimate of drug-likeness (QED) is 0.397. The standard InChI is InChI=1S/C23H38N4O6/c1-4-5-24-19(29)16-17-21(31)27(8-11-28)18(23(17)14-15(2)22(16,3)33-23)20(30)25-6-7-26-9-12-32-13-10-26/h15-18,28H,4-14H2,1-3H3,(H,24,29)(H,25,30)/t15?,16-,17+,18?,22+,23?/m1/s1. The molecule has 3 N–H and O–H groups in total. The second-order valence-corrected chi connectivity index (χ2v) is 10.00. The minimum absolute atomic E-state index is 0.0108. The van der Waals surface area contributed by atoms with E-state index in [0.29, 0.717) is 39.3 Å². The van der Waals surface area contributed by atoms with Crippen LogP contribution in [0.1, 0.15) is 33.6 Å². The fraction of sp³-hybridized carbons (Fsp3) is 0.870. The first-order valence-corrected chi connectivity index (χ1v) is 12.3. The molecule has 4 aliphatic heterocycles. The monoisotopic (exact) mass is 466 g/mol. The average Bonchev–Trinajstić information content (AvgIpc) is 3.30. The summed E-state index contributed by atoms with van der Waals surface area (Å²) >= 11 is 0. The molecule has 10 nitrogen and oxygen atoms in total. The minimum atomic E-state index is -1.06. The molecule has 1 spiro atoms. The summed E-state index contributed by atoms with van der Waals surface area (Å²) in [7, 11) is 0. The van der Waals surface area contributed by atoms with Gasteiger partial charge in [-0.25, -0.2) is 0 Å². The normalized spacial score (nSPS) is 37.9. The third kappa shape index (κ3) is 3.94.